The number of aliphatic hydroxyl groups is 1. The molecule has 180 valence electrons. The molecule has 0 radical (unpaired) electrons. The van der Waals surface area contributed by atoms with Crippen LogP contribution in [0.1, 0.15) is 17.7 Å². The predicted molar refractivity (Wildman–Crippen MR) is 124 cm³/mol. The predicted octanol–water partition coefficient (Wildman–Crippen LogP) is 4.08. The molecule has 0 amide bonds. The van der Waals surface area contributed by atoms with Crippen molar-refractivity contribution in [1.29, 1.82) is 0 Å². The van der Waals surface area contributed by atoms with Gasteiger partial charge in [-0.15, -0.1) is 0 Å². The van der Waals surface area contributed by atoms with Crippen molar-refractivity contribution >= 4 is 5.95 Å². The van der Waals surface area contributed by atoms with Crippen molar-refractivity contribution in [2.75, 3.05) is 25.1 Å². The van der Waals surface area contributed by atoms with Crippen LogP contribution in [-0.4, -0.2) is 44.9 Å². The number of halogens is 2. The first-order valence-electron chi connectivity index (χ1n) is 11.1. The summed E-state index contributed by atoms with van der Waals surface area (Å²) in [6, 6.07) is 13.9. The number of ether oxygens (including phenoxy) is 2. The van der Waals surface area contributed by atoms with Crippen molar-refractivity contribution in [2.24, 2.45) is 5.92 Å². The number of aromatic nitrogens is 4. The molecule has 2 aromatic heterocycles. The van der Waals surface area contributed by atoms with Crippen LogP contribution in [0.25, 0.3) is 22.6 Å². The maximum Gasteiger partial charge on any atom is 0.223 e. The lowest BCUT2D eigenvalue weighted by Gasteiger charge is -2.26. The number of hydrogen-bond donors (Lipinski definition) is 3. The molecule has 8 nitrogen and oxygen atoms in total. The summed E-state index contributed by atoms with van der Waals surface area (Å²) in [7, 11) is 0. The smallest absolute Gasteiger partial charge is 0.223 e. The summed E-state index contributed by atoms with van der Waals surface area (Å²) in [6.45, 7) is 1.08. The van der Waals surface area contributed by atoms with Gasteiger partial charge in [-0.3, -0.25) is 0 Å². The van der Waals surface area contributed by atoms with E-state index in [9.17, 15) is 13.9 Å². The van der Waals surface area contributed by atoms with E-state index in [1.54, 1.807) is 36.5 Å². The number of aromatic amines is 1. The van der Waals surface area contributed by atoms with Gasteiger partial charge in [-0.05, 0) is 48.0 Å². The second kappa shape index (κ2) is 10.3. The first-order valence-corrected chi connectivity index (χ1v) is 11.1. The van der Waals surface area contributed by atoms with Gasteiger partial charge in [0.1, 0.15) is 11.6 Å². The molecular weight excluding hydrogens is 456 g/mol. The largest absolute Gasteiger partial charge is 0.396 e. The summed E-state index contributed by atoms with van der Waals surface area (Å²) in [5.74, 6) is 0.0792. The summed E-state index contributed by atoms with van der Waals surface area (Å²) in [5, 5.41) is 12.5. The van der Waals surface area contributed by atoms with E-state index in [0.717, 1.165) is 5.56 Å². The van der Waals surface area contributed by atoms with E-state index in [4.69, 9.17) is 9.47 Å². The number of aliphatic hydroxyl groups excluding tert-OH is 1. The van der Waals surface area contributed by atoms with Crippen LogP contribution in [0.15, 0.2) is 60.8 Å². The van der Waals surface area contributed by atoms with Crippen LogP contribution in [0.4, 0.5) is 14.7 Å². The van der Waals surface area contributed by atoms with Gasteiger partial charge in [0.2, 0.25) is 12.2 Å². The molecule has 0 saturated carbocycles. The first kappa shape index (κ1) is 23.0. The van der Waals surface area contributed by atoms with Gasteiger partial charge >= 0.3 is 0 Å². The van der Waals surface area contributed by atoms with E-state index in [-0.39, 0.29) is 24.2 Å². The highest BCUT2D eigenvalue weighted by atomic mass is 19.1. The Balaban J connectivity index is 1.44. The molecule has 0 bridgehead atoms. The number of H-pyrrole nitrogens is 1. The van der Waals surface area contributed by atoms with Crippen molar-refractivity contribution in [3.8, 4) is 22.6 Å². The average molecular weight is 479 g/mol. The molecule has 4 aromatic rings. The molecule has 5 rings (SSSR count). The van der Waals surface area contributed by atoms with E-state index < -0.39 is 6.29 Å². The van der Waals surface area contributed by atoms with Crippen molar-refractivity contribution in [3.63, 3.8) is 0 Å². The van der Waals surface area contributed by atoms with Crippen LogP contribution in [0.5, 0.6) is 0 Å². The summed E-state index contributed by atoms with van der Waals surface area (Å²) < 4.78 is 38.2. The monoisotopic (exact) mass is 479 g/mol. The minimum absolute atomic E-state index is 0.0222. The van der Waals surface area contributed by atoms with Gasteiger partial charge < -0.3 is 24.9 Å². The Bertz CT molecular complexity index is 1270. The highest BCUT2D eigenvalue weighted by Crippen LogP contribution is 2.33. The maximum absolute atomic E-state index is 13.6. The van der Waals surface area contributed by atoms with E-state index in [1.165, 1.54) is 24.3 Å². The SMILES string of the molecule is OCC1COC(c2nc(-c3ccc(F)cc3)c(-c3ccnc(NCc4ccc(F)cc4)n3)[nH]2)OC1. The standard InChI is InChI=1S/C25H23F2N5O3/c26-18-5-1-15(2-6-18)11-29-25-28-10-9-20(30-25)22-21(17-3-7-19(27)8-4-17)31-23(32-22)24-34-13-16(12-33)14-35-24/h1-10,16,24,33H,11-14H2,(H,31,32)(H,28,29,30). The second-order valence-corrected chi connectivity index (χ2v) is 8.15. The normalized spacial score (nSPS) is 17.9. The topological polar surface area (TPSA) is 105 Å². The zero-order valence-electron chi connectivity index (χ0n) is 18.6. The van der Waals surface area contributed by atoms with E-state index in [2.05, 4.69) is 25.3 Å². The van der Waals surface area contributed by atoms with Crippen LogP contribution in [0, 0.1) is 17.6 Å². The van der Waals surface area contributed by atoms with Crippen LogP contribution >= 0.6 is 0 Å². The Hall–Kier alpha value is -3.73. The van der Waals surface area contributed by atoms with Gasteiger partial charge in [0, 0.05) is 24.2 Å². The van der Waals surface area contributed by atoms with Gasteiger partial charge in [-0.2, -0.15) is 0 Å². The molecule has 35 heavy (non-hydrogen) atoms. The number of nitrogens with one attached hydrogen (secondary N) is 2. The molecule has 1 aliphatic heterocycles. The Kier molecular flexibility index (Phi) is 6.75. The van der Waals surface area contributed by atoms with E-state index in [0.29, 0.717) is 54.2 Å². The molecular formula is C25H23F2N5O3. The van der Waals surface area contributed by atoms with Gasteiger partial charge in [-0.25, -0.2) is 23.7 Å². The first-order chi connectivity index (χ1) is 17.1. The Labute approximate surface area is 200 Å². The van der Waals surface area contributed by atoms with Crippen molar-refractivity contribution < 1.29 is 23.4 Å². The third-order valence-corrected chi connectivity index (χ3v) is 5.56. The van der Waals surface area contributed by atoms with Gasteiger partial charge in [-0.1, -0.05) is 12.1 Å². The molecule has 0 unspecified atom stereocenters. The molecule has 0 atom stereocenters. The third kappa shape index (κ3) is 5.35. The van der Waals surface area contributed by atoms with Gasteiger partial charge in [0.15, 0.2) is 5.82 Å². The average Bonchev–Trinajstić information content (AvgIpc) is 3.35. The molecule has 3 heterocycles. The number of nitrogens with zero attached hydrogens (tertiary/aromatic N) is 3. The third-order valence-electron chi connectivity index (χ3n) is 5.56. The minimum Gasteiger partial charge on any atom is -0.396 e. The van der Waals surface area contributed by atoms with Crippen LogP contribution < -0.4 is 5.32 Å². The van der Waals surface area contributed by atoms with E-state index >= 15 is 0 Å². The van der Waals surface area contributed by atoms with Gasteiger partial charge in [0.05, 0.1) is 36.9 Å². The summed E-state index contributed by atoms with van der Waals surface area (Å²) in [4.78, 5) is 16.8. The summed E-state index contributed by atoms with van der Waals surface area (Å²) in [5.41, 5.74) is 3.27. The van der Waals surface area contributed by atoms with Crippen molar-refractivity contribution in [3.05, 3.63) is 83.8 Å². The molecule has 0 spiro atoms. The summed E-state index contributed by atoms with van der Waals surface area (Å²) >= 11 is 0. The van der Waals surface area contributed by atoms with Crippen LogP contribution in [0.2, 0.25) is 0 Å². The summed E-state index contributed by atoms with van der Waals surface area (Å²) in [6.07, 6.45) is 0.882. The molecule has 2 aromatic carbocycles. The van der Waals surface area contributed by atoms with Gasteiger partial charge in [0.25, 0.3) is 0 Å². The van der Waals surface area contributed by atoms with Crippen LogP contribution in [0.3, 0.4) is 0 Å². The zero-order chi connectivity index (χ0) is 24.2. The lowest BCUT2D eigenvalue weighted by molar-refractivity contribution is -0.213. The maximum atomic E-state index is 13.6. The lowest BCUT2D eigenvalue weighted by atomic mass is 10.1. The van der Waals surface area contributed by atoms with Crippen molar-refractivity contribution in [1.82, 2.24) is 19.9 Å². The number of rotatable bonds is 7. The zero-order valence-corrected chi connectivity index (χ0v) is 18.6. The highest BCUT2D eigenvalue weighted by Gasteiger charge is 2.27. The Morgan fingerprint density at radius 2 is 1.63 bits per heavy atom. The second-order valence-electron chi connectivity index (χ2n) is 8.15. The van der Waals surface area contributed by atoms with E-state index in [1.807, 2.05) is 0 Å². The minimum atomic E-state index is -0.733. The lowest BCUT2D eigenvalue weighted by Crippen LogP contribution is -2.29. The molecule has 1 aliphatic rings. The molecule has 1 saturated heterocycles. The number of benzene rings is 2. The fraction of sp³-hybridized carbons (Fsp3) is 0.240. The number of hydrogen-bond acceptors (Lipinski definition) is 7. The Morgan fingerprint density at radius 3 is 2.31 bits per heavy atom. The highest BCUT2D eigenvalue weighted by molar-refractivity contribution is 5.77. The number of imidazole rings is 1. The molecule has 3 N–H and O–H groups in total. The fourth-order valence-electron chi connectivity index (χ4n) is 3.68. The molecule has 1 fully saturated rings. The van der Waals surface area contributed by atoms with Crippen LogP contribution in [-0.2, 0) is 16.0 Å². The molecule has 10 heteroatoms. The van der Waals surface area contributed by atoms with Crippen molar-refractivity contribution in [2.45, 2.75) is 12.8 Å². The molecule has 0 aliphatic carbocycles. The quantitative estimate of drug-likeness (QED) is 0.367. The fourth-order valence-corrected chi connectivity index (χ4v) is 3.68. The Morgan fingerprint density at radius 1 is 0.943 bits per heavy atom. The number of anilines is 1.